The van der Waals surface area contributed by atoms with Gasteiger partial charge in [0, 0.05) is 24.0 Å². The van der Waals surface area contributed by atoms with Crippen molar-refractivity contribution < 1.29 is 22.4 Å². The number of anilines is 1. The molecule has 0 aliphatic rings. The molecule has 236 valence electrons. The summed E-state index contributed by atoms with van der Waals surface area (Å²) < 4.78 is 44.9. The summed E-state index contributed by atoms with van der Waals surface area (Å²) in [5, 5.41) is 2.96. The van der Waals surface area contributed by atoms with E-state index in [1.54, 1.807) is 12.1 Å². The molecule has 0 heterocycles. The van der Waals surface area contributed by atoms with Crippen molar-refractivity contribution in [3.05, 3.63) is 130 Å². The summed E-state index contributed by atoms with van der Waals surface area (Å²) in [5.74, 6) is -1.66. The van der Waals surface area contributed by atoms with Gasteiger partial charge in [-0.25, -0.2) is 12.8 Å². The smallest absolute Gasteiger partial charge is 0.264 e. The first-order valence-electron chi connectivity index (χ1n) is 14.6. The monoisotopic (exact) mass is 693 g/mol. The Bertz CT molecular complexity index is 1720. The van der Waals surface area contributed by atoms with Crippen molar-refractivity contribution in [3.8, 4) is 0 Å². The van der Waals surface area contributed by atoms with E-state index in [1.807, 2.05) is 75.4 Å². The highest BCUT2D eigenvalue weighted by Gasteiger charge is 2.35. The third kappa shape index (κ3) is 9.02. The lowest BCUT2D eigenvalue weighted by molar-refractivity contribution is -0.140. The van der Waals surface area contributed by atoms with Gasteiger partial charge in [-0.3, -0.25) is 13.9 Å². The molecule has 0 bridgehead atoms. The van der Waals surface area contributed by atoms with E-state index >= 15 is 4.39 Å². The first kappa shape index (κ1) is 33.9. The number of para-hydroxylation sites is 1. The average molecular weight is 695 g/mol. The third-order valence-corrected chi connectivity index (χ3v) is 9.47. The molecule has 10 heteroatoms. The molecular weight excluding hydrogens is 657 g/mol. The van der Waals surface area contributed by atoms with Crippen LogP contribution in [0.25, 0.3) is 0 Å². The topological polar surface area (TPSA) is 86.8 Å². The van der Waals surface area contributed by atoms with Gasteiger partial charge in [-0.1, -0.05) is 102 Å². The Morgan fingerprint density at radius 1 is 0.867 bits per heavy atom. The molecule has 1 atom stereocenters. The van der Waals surface area contributed by atoms with Crippen molar-refractivity contribution in [2.24, 2.45) is 5.92 Å². The lowest BCUT2D eigenvalue weighted by atomic mass is 10.0. The highest BCUT2D eigenvalue weighted by molar-refractivity contribution is 9.10. The number of hydrogen-bond donors (Lipinski definition) is 1. The largest absolute Gasteiger partial charge is 0.354 e. The van der Waals surface area contributed by atoms with E-state index < -0.39 is 34.3 Å². The standard InChI is InChI=1S/C35H37BrFN3O4S/c1-25(2)22-38-35(42)33(21-27-10-5-4-6-11-27)39(23-28-12-9-13-29(36)20-28)34(41)24-40(32-15-8-7-14-31(32)37)45(43,44)30-18-16-26(3)17-19-30/h4-20,25,33H,21-24H2,1-3H3,(H,38,42). The first-order chi connectivity index (χ1) is 21.5. The van der Waals surface area contributed by atoms with Gasteiger partial charge in [0.25, 0.3) is 10.0 Å². The number of amides is 2. The summed E-state index contributed by atoms with van der Waals surface area (Å²) >= 11 is 3.47. The number of carbonyl (C=O) groups excluding carboxylic acids is 2. The molecule has 4 aromatic rings. The zero-order chi connectivity index (χ0) is 32.6. The van der Waals surface area contributed by atoms with Gasteiger partial charge in [0.2, 0.25) is 11.8 Å². The molecule has 0 saturated carbocycles. The summed E-state index contributed by atoms with van der Waals surface area (Å²) in [6.45, 7) is 5.45. The minimum Gasteiger partial charge on any atom is -0.354 e. The molecule has 0 saturated heterocycles. The Labute approximate surface area is 273 Å². The number of carbonyl (C=O) groups is 2. The SMILES string of the molecule is Cc1ccc(S(=O)(=O)N(CC(=O)N(Cc2cccc(Br)c2)C(Cc2ccccc2)C(=O)NCC(C)C)c2ccccc2F)cc1. The van der Waals surface area contributed by atoms with Gasteiger partial charge in [-0.15, -0.1) is 0 Å². The lowest BCUT2D eigenvalue weighted by Gasteiger charge is -2.34. The number of hydrogen-bond acceptors (Lipinski definition) is 4. The van der Waals surface area contributed by atoms with Gasteiger partial charge in [0.15, 0.2) is 0 Å². The number of rotatable bonds is 13. The molecule has 0 aliphatic carbocycles. The Hall–Kier alpha value is -4.02. The fraction of sp³-hybridized carbons (Fsp3) is 0.257. The second kappa shape index (κ2) is 15.3. The number of benzene rings is 4. The van der Waals surface area contributed by atoms with Gasteiger partial charge in [0.1, 0.15) is 18.4 Å². The average Bonchev–Trinajstić information content (AvgIpc) is 3.01. The molecule has 7 nitrogen and oxygen atoms in total. The number of nitrogens with zero attached hydrogens (tertiary/aromatic N) is 2. The number of sulfonamides is 1. The summed E-state index contributed by atoms with van der Waals surface area (Å²) in [4.78, 5) is 29.6. The molecule has 0 fully saturated rings. The van der Waals surface area contributed by atoms with Crippen molar-refractivity contribution in [3.63, 3.8) is 0 Å². The van der Waals surface area contributed by atoms with Crippen molar-refractivity contribution in [1.29, 1.82) is 0 Å². The second-order valence-corrected chi connectivity index (χ2v) is 14.1. The second-order valence-electron chi connectivity index (χ2n) is 11.3. The molecule has 4 aromatic carbocycles. The van der Waals surface area contributed by atoms with Crippen LogP contribution in [0.1, 0.15) is 30.5 Å². The summed E-state index contributed by atoms with van der Waals surface area (Å²) in [6, 6.07) is 27.2. The molecule has 2 amide bonds. The van der Waals surface area contributed by atoms with Crippen LogP contribution in [0.3, 0.4) is 0 Å². The molecule has 0 aliphatic heterocycles. The maximum Gasteiger partial charge on any atom is 0.264 e. The zero-order valence-electron chi connectivity index (χ0n) is 25.5. The first-order valence-corrected chi connectivity index (χ1v) is 16.9. The maximum atomic E-state index is 15.2. The van der Waals surface area contributed by atoms with Crippen LogP contribution in [0.15, 0.2) is 112 Å². The van der Waals surface area contributed by atoms with E-state index in [2.05, 4.69) is 21.2 Å². The fourth-order valence-electron chi connectivity index (χ4n) is 4.81. The van der Waals surface area contributed by atoms with Crippen LogP contribution in [-0.4, -0.2) is 44.3 Å². The van der Waals surface area contributed by atoms with E-state index in [-0.39, 0.29) is 35.4 Å². The van der Waals surface area contributed by atoms with Crippen molar-refractivity contribution in [2.45, 2.75) is 44.7 Å². The van der Waals surface area contributed by atoms with Gasteiger partial charge in [-0.2, -0.15) is 0 Å². The van der Waals surface area contributed by atoms with E-state index in [1.165, 1.54) is 35.2 Å². The quantitative estimate of drug-likeness (QED) is 0.173. The number of nitrogens with one attached hydrogen (secondary N) is 1. The third-order valence-electron chi connectivity index (χ3n) is 7.21. The summed E-state index contributed by atoms with van der Waals surface area (Å²) in [7, 11) is -4.39. The normalized spacial score (nSPS) is 12.0. The number of aryl methyl sites for hydroxylation is 1. The number of halogens is 2. The van der Waals surface area contributed by atoms with Crippen molar-refractivity contribution >= 4 is 43.5 Å². The molecule has 45 heavy (non-hydrogen) atoms. The van der Waals surface area contributed by atoms with E-state index in [4.69, 9.17) is 0 Å². The van der Waals surface area contributed by atoms with Crippen LogP contribution < -0.4 is 9.62 Å². The van der Waals surface area contributed by atoms with Gasteiger partial charge in [-0.05, 0) is 60.4 Å². The van der Waals surface area contributed by atoms with Crippen LogP contribution in [-0.2, 0) is 32.6 Å². The summed E-state index contributed by atoms with van der Waals surface area (Å²) in [5.41, 5.74) is 2.13. The van der Waals surface area contributed by atoms with Crippen LogP contribution in [0.2, 0.25) is 0 Å². The molecule has 1 unspecified atom stereocenters. The van der Waals surface area contributed by atoms with Crippen LogP contribution >= 0.6 is 15.9 Å². The molecule has 1 N–H and O–H groups in total. The molecule has 4 rings (SSSR count). The predicted molar refractivity (Wildman–Crippen MR) is 179 cm³/mol. The zero-order valence-corrected chi connectivity index (χ0v) is 27.9. The Morgan fingerprint density at radius 2 is 1.51 bits per heavy atom. The van der Waals surface area contributed by atoms with E-state index in [0.29, 0.717) is 6.54 Å². The Kier molecular flexibility index (Phi) is 11.5. The predicted octanol–water partition coefficient (Wildman–Crippen LogP) is 6.50. The molecule has 0 spiro atoms. The van der Waals surface area contributed by atoms with E-state index in [0.717, 1.165) is 31.5 Å². The maximum absolute atomic E-state index is 15.2. The molecule has 0 radical (unpaired) electrons. The minimum absolute atomic E-state index is 0.0144. The van der Waals surface area contributed by atoms with Crippen molar-refractivity contribution in [1.82, 2.24) is 10.2 Å². The van der Waals surface area contributed by atoms with Crippen LogP contribution in [0.5, 0.6) is 0 Å². The summed E-state index contributed by atoms with van der Waals surface area (Å²) in [6.07, 6.45) is 0.189. The molecular formula is C35H37BrFN3O4S. The highest BCUT2D eigenvalue weighted by atomic mass is 79.9. The minimum atomic E-state index is -4.39. The van der Waals surface area contributed by atoms with Gasteiger partial charge < -0.3 is 10.2 Å². The highest BCUT2D eigenvalue weighted by Crippen LogP contribution is 2.27. The van der Waals surface area contributed by atoms with Crippen molar-refractivity contribution in [2.75, 3.05) is 17.4 Å². The van der Waals surface area contributed by atoms with Gasteiger partial charge >= 0.3 is 0 Å². The Balaban J connectivity index is 1.81. The van der Waals surface area contributed by atoms with Crippen LogP contribution in [0.4, 0.5) is 10.1 Å². The lowest BCUT2D eigenvalue weighted by Crippen LogP contribution is -2.53. The van der Waals surface area contributed by atoms with Gasteiger partial charge in [0.05, 0.1) is 10.6 Å². The Morgan fingerprint density at radius 3 is 2.16 bits per heavy atom. The fourth-order valence-corrected chi connectivity index (χ4v) is 6.68. The molecule has 0 aromatic heterocycles. The van der Waals surface area contributed by atoms with Crippen LogP contribution in [0, 0.1) is 18.7 Å². The van der Waals surface area contributed by atoms with E-state index in [9.17, 15) is 18.0 Å².